The maximum absolute atomic E-state index is 2.64. The minimum atomic E-state index is 0.578. The van der Waals surface area contributed by atoms with Crippen LogP contribution in [-0.4, -0.2) is 10.6 Å². The molecule has 5 aromatic rings. The van der Waals surface area contributed by atoms with Gasteiger partial charge in [-0.3, -0.25) is 0 Å². The van der Waals surface area contributed by atoms with Crippen LogP contribution in [0.2, 0.25) is 0 Å². The van der Waals surface area contributed by atoms with E-state index < -0.39 is 0 Å². The van der Waals surface area contributed by atoms with Crippen LogP contribution in [0.15, 0.2) is 97.1 Å². The number of rotatable bonds is 2. The molecule has 4 aromatic carbocycles. The highest BCUT2D eigenvalue weighted by Gasteiger charge is 2.40. The lowest BCUT2D eigenvalue weighted by Crippen LogP contribution is -2.32. The monoisotopic (exact) mass is 414 g/mol. The maximum atomic E-state index is 2.64. The molecular weight excluding hydrogens is 388 g/mol. The first-order chi connectivity index (χ1) is 15.9. The highest BCUT2D eigenvalue weighted by Crippen LogP contribution is 2.51. The Morgan fingerprint density at radius 1 is 0.594 bits per heavy atom. The van der Waals surface area contributed by atoms with E-state index in [0.29, 0.717) is 12.0 Å². The zero-order valence-corrected chi connectivity index (χ0v) is 18.1. The molecule has 0 saturated heterocycles. The molecule has 2 atom stereocenters. The molecule has 156 valence electrons. The summed E-state index contributed by atoms with van der Waals surface area (Å²) in [5.41, 5.74) is 8.03. The molecule has 0 bridgehead atoms. The van der Waals surface area contributed by atoms with Crippen LogP contribution < -0.4 is 4.90 Å². The number of fused-ring (bicyclic) bond motifs is 6. The van der Waals surface area contributed by atoms with Gasteiger partial charge in [-0.05, 0) is 54.8 Å². The Morgan fingerprint density at radius 2 is 1.25 bits per heavy atom. The van der Waals surface area contributed by atoms with Gasteiger partial charge < -0.3 is 9.47 Å². The first-order valence-corrected chi connectivity index (χ1v) is 11.9. The van der Waals surface area contributed by atoms with Crippen molar-refractivity contribution in [2.75, 3.05) is 4.90 Å². The van der Waals surface area contributed by atoms with Gasteiger partial charge in [0, 0.05) is 39.8 Å². The smallest absolute Gasteiger partial charge is 0.0541 e. The number of anilines is 2. The molecule has 1 aliphatic carbocycles. The van der Waals surface area contributed by atoms with E-state index in [1.54, 1.807) is 5.56 Å². The Kier molecular flexibility index (Phi) is 3.96. The van der Waals surface area contributed by atoms with Gasteiger partial charge in [0.15, 0.2) is 0 Å². The minimum Gasteiger partial charge on any atom is -0.337 e. The van der Waals surface area contributed by atoms with E-state index in [2.05, 4.69) is 107 Å². The molecule has 7 rings (SSSR count). The third-order valence-electron chi connectivity index (χ3n) is 7.60. The molecule has 0 amide bonds. The van der Waals surface area contributed by atoms with Gasteiger partial charge in [0.1, 0.15) is 0 Å². The Hall–Kier alpha value is -3.52. The molecule has 2 aliphatic rings. The first-order valence-electron chi connectivity index (χ1n) is 11.9. The number of para-hydroxylation sites is 3. The molecule has 1 saturated carbocycles. The van der Waals surface area contributed by atoms with Gasteiger partial charge in [-0.25, -0.2) is 0 Å². The summed E-state index contributed by atoms with van der Waals surface area (Å²) >= 11 is 0. The number of hydrogen-bond donors (Lipinski definition) is 0. The van der Waals surface area contributed by atoms with Crippen LogP contribution >= 0.6 is 0 Å². The lowest BCUT2D eigenvalue weighted by atomic mass is 9.82. The Morgan fingerprint density at radius 3 is 2.06 bits per heavy atom. The van der Waals surface area contributed by atoms with Crippen molar-refractivity contribution in [3.8, 4) is 5.69 Å². The summed E-state index contributed by atoms with van der Waals surface area (Å²) in [6.07, 6.45) is 5.27. The zero-order valence-electron chi connectivity index (χ0n) is 18.1. The lowest BCUT2D eigenvalue weighted by molar-refractivity contribution is 0.402. The molecule has 2 nitrogen and oxygen atoms in total. The van der Waals surface area contributed by atoms with E-state index in [4.69, 9.17) is 0 Å². The summed E-state index contributed by atoms with van der Waals surface area (Å²) in [4.78, 5) is 2.64. The average Bonchev–Trinajstić information content (AvgIpc) is 3.37. The third kappa shape index (κ3) is 2.53. The summed E-state index contributed by atoms with van der Waals surface area (Å²) in [7, 11) is 0. The molecule has 2 heteroatoms. The third-order valence-corrected chi connectivity index (χ3v) is 7.60. The van der Waals surface area contributed by atoms with Crippen molar-refractivity contribution in [2.24, 2.45) is 0 Å². The standard InChI is InChI=1S/C30H26N2/c1-5-16-27-23(12-1)24-13-2-6-17-28(24)31(27)21-10-9-11-22(20-21)32-29-18-7-3-14-25(29)26-15-4-8-19-30(26)32/h1-3,5-7,9-14,16-18,20,26,30H,4,8,15,19H2. The van der Waals surface area contributed by atoms with Gasteiger partial charge in [-0.2, -0.15) is 0 Å². The van der Waals surface area contributed by atoms with Crippen molar-refractivity contribution in [3.05, 3.63) is 103 Å². The second kappa shape index (κ2) is 7.00. The van der Waals surface area contributed by atoms with Crippen molar-refractivity contribution < 1.29 is 0 Å². The van der Waals surface area contributed by atoms with Crippen LogP contribution in [0, 0.1) is 0 Å². The van der Waals surface area contributed by atoms with Crippen LogP contribution in [0.25, 0.3) is 27.5 Å². The van der Waals surface area contributed by atoms with Crippen molar-refractivity contribution in [3.63, 3.8) is 0 Å². The second-order valence-electron chi connectivity index (χ2n) is 9.28. The predicted molar refractivity (Wildman–Crippen MR) is 134 cm³/mol. The summed E-state index contributed by atoms with van der Waals surface area (Å²) in [5, 5.41) is 2.62. The summed E-state index contributed by atoms with van der Waals surface area (Å²) in [5.74, 6) is 0.664. The van der Waals surface area contributed by atoms with Gasteiger partial charge in [0.2, 0.25) is 0 Å². The van der Waals surface area contributed by atoms with Gasteiger partial charge in [0.25, 0.3) is 0 Å². The Bertz CT molecular complexity index is 1410. The lowest BCUT2D eigenvalue weighted by Gasteiger charge is -2.34. The summed E-state index contributed by atoms with van der Waals surface area (Å²) in [6.45, 7) is 0. The van der Waals surface area contributed by atoms with Crippen LogP contribution in [0.5, 0.6) is 0 Å². The van der Waals surface area contributed by atoms with Gasteiger partial charge in [0.05, 0.1) is 11.0 Å². The maximum Gasteiger partial charge on any atom is 0.0541 e. The van der Waals surface area contributed by atoms with Crippen molar-refractivity contribution in [2.45, 2.75) is 37.6 Å². The molecule has 2 heterocycles. The average molecular weight is 415 g/mol. The zero-order chi connectivity index (χ0) is 21.1. The molecular formula is C30H26N2. The van der Waals surface area contributed by atoms with E-state index in [1.165, 1.54) is 64.6 Å². The highest BCUT2D eigenvalue weighted by molar-refractivity contribution is 6.09. The van der Waals surface area contributed by atoms with Gasteiger partial charge in [-0.15, -0.1) is 0 Å². The summed E-state index contributed by atoms with van der Waals surface area (Å²) in [6, 6.07) is 36.4. The molecule has 0 radical (unpaired) electrons. The summed E-state index contributed by atoms with van der Waals surface area (Å²) < 4.78 is 2.43. The van der Waals surface area contributed by atoms with Crippen LogP contribution in [0.3, 0.4) is 0 Å². The first kappa shape index (κ1) is 18.1. The van der Waals surface area contributed by atoms with Gasteiger partial charge >= 0.3 is 0 Å². The van der Waals surface area contributed by atoms with E-state index in [9.17, 15) is 0 Å². The largest absolute Gasteiger partial charge is 0.337 e. The Balaban J connectivity index is 1.43. The minimum absolute atomic E-state index is 0.578. The molecule has 0 spiro atoms. The second-order valence-corrected chi connectivity index (χ2v) is 9.28. The fourth-order valence-electron chi connectivity index (χ4n) is 6.30. The van der Waals surface area contributed by atoms with E-state index in [-0.39, 0.29) is 0 Å². The Labute approximate surface area is 188 Å². The van der Waals surface area contributed by atoms with Gasteiger partial charge in [-0.1, -0.05) is 73.5 Å². The molecule has 2 unspecified atom stereocenters. The van der Waals surface area contributed by atoms with E-state index in [0.717, 1.165) is 0 Å². The van der Waals surface area contributed by atoms with E-state index in [1.807, 2.05) is 0 Å². The fraction of sp³-hybridized carbons (Fsp3) is 0.200. The number of nitrogens with zero attached hydrogens (tertiary/aromatic N) is 2. The molecule has 1 aliphatic heterocycles. The van der Waals surface area contributed by atoms with Crippen molar-refractivity contribution >= 4 is 33.2 Å². The number of benzene rings is 4. The number of hydrogen-bond acceptors (Lipinski definition) is 1. The fourth-order valence-corrected chi connectivity index (χ4v) is 6.30. The topological polar surface area (TPSA) is 8.17 Å². The molecule has 32 heavy (non-hydrogen) atoms. The highest BCUT2D eigenvalue weighted by atomic mass is 15.2. The van der Waals surface area contributed by atoms with Crippen LogP contribution in [0.1, 0.15) is 37.2 Å². The van der Waals surface area contributed by atoms with Crippen molar-refractivity contribution in [1.29, 1.82) is 0 Å². The molecule has 1 fully saturated rings. The van der Waals surface area contributed by atoms with E-state index >= 15 is 0 Å². The quantitative estimate of drug-likeness (QED) is 0.284. The molecule has 0 N–H and O–H groups in total. The van der Waals surface area contributed by atoms with Crippen LogP contribution in [-0.2, 0) is 0 Å². The molecule has 1 aromatic heterocycles. The van der Waals surface area contributed by atoms with Crippen LogP contribution in [0.4, 0.5) is 11.4 Å². The predicted octanol–water partition coefficient (Wildman–Crippen LogP) is 7.96. The number of aromatic nitrogens is 1. The van der Waals surface area contributed by atoms with Crippen molar-refractivity contribution in [1.82, 2.24) is 4.57 Å². The SMILES string of the molecule is c1cc(N2c3ccccc3C3CCCCC32)cc(-n2c3ccccc3c3ccccc32)c1. The normalized spacial score (nSPS) is 19.9.